The van der Waals surface area contributed by atoms with Crippen LogP contribution in [0.1, 0.15) is 32.8 Å². The van der Waals surface area contributed by atoms with Crippen molar-refractivity contribution in [1.29, 1.82) is 0 Å². The molecule has 0 saturated carbocycles. The Hall–Kier alpha value is -1.26. The maximum atomic E-state index is 11.7. The van der Waals surface area contributed by atoms with Gasteiger partial charge in [0.05, 0.1) is 6.10 Å². The van der Waals surface area contributed by atoms with Gasteiger partial charge in [0.25, 0.3) is 0 Å². The van der Waals surface area contributed by atoms with Gasteiger partial charge in [-0.2, -0.15) is 0 Å². The van der Waals surface area contributed by atoms with Crippen molar-refractivity contribution < 1.29 is 9.90 Å². The van der Waals surface area contributed by atoms with Gasteiger partial charge in [0.2, 0.25) is 0 Å². The topological polar surface area (TPSA) is 61.4 Å². The fourth-order valence-corrected chi connectivity index (χ4v) is 2.16. The molecule has 20 heavy (non-hydrogen) atoms. The van der Waals surface area contributed by atoms with Gasteiger partial charge in [0, 0.05) is 18.1 Å². The van der Waals surface area contributed by atoms with Crippen LogP contribution in [-0.4, -0.2) is 23.8 Å². The summed E-state index contributed by atoms with van der Waals surface area (Å²) in [5.74, 6) is 0. The van der Waals surface area contributed by atoms with Gasteiger partial charge in [0.1, 0.15) is 0 Å². The summed E-state index contributed by atoms with van der Waals surface area (Å²) in [5, 5.41) is 15.7. The standard InChI is InChI=1S/C15H23ClN2O2/c1-11(19)8-15(2,3)10-18-14(20)17-9-12-4-6-13(16)7-5-12/h4-7,11,19H,8-10H2,1-3H3,(H2,17,18,20). The smallest absolute Gasteiger partial charge is 0.315 e. The average molecular weight is 299 g/mol. The third-order valence-corrected chi connectivity index (χ3v) is 3.19. The Morgan fingerprint density at radius 1 is 1.30 bits per heavy atom. The second kappa shape index (κ2) is 7.50. The zero-order chi connectivity index (χ0) is 15.2. The average Bonchev–Trinajstić information content (AvgIpc) is 2.34. The molecule has 1 atom stereocenters. The van der Waals surface area contributed by atoms with E-state index in [-0.39, 0.29) is 17.6 Å². The molecule has 0 aliphatic rings. The number of carbonyl (C=O) groups is 1. The lowest BCUT2D eigenvalue weighted by molar-refractivity contribution is 0.129. The van der Waals surface area contributed by atoms with Crippen LogP contribution in [0.3, 0.4) is 0 Å². The zero-order valence-electron chi connectivity index (χ0n) is 12.2. The molecule has 0 saturated heterocycles. The van der Waals surface area contributed by atoms with E-state index in [2.05, 4.69) is 10.6 Å². The molecule has 3 N–H and O–H groups in total. The number of aliphatic hydroxyl groups is 1. The first-order chi connectivity index (χ1) is 9.28. The number of nitrogens with one attached hydrogen (secondary N) is 2. The van der Waals surface area contributed by atoms with Crippen molar-refractivity contribution in [2.45, 2.75) is 39.8 Å². The quantitative estimate of drug-likeness (QED) is 0.756. The minimum absolute atomic E-state index is 0.133. The highest BCUT2D eigenvalue weighted by Gasteiger charge is 2.20. The van der Waals surface area contributed by atoms with Crippen LogP contribution in [-0.2, 0) is 6.54 Å². The summed E-state index contributed by atoms with van der Waals surface area (Å²) in [5.41, 5.74) is 0.860. The lowest BCUT2D eigenvalue weighted by Gasteiger charge is -2.26. The van der Waals surface area contributed by atoms with Gasteiger partial charge in [-0.15, -0.1) is 0 Å². The lowest BCUT2D eigenvalue weighted by Crippen LogP contribution is -2.41. The van der Waals surface area contributed by atoms with E-state index < -0.39 is 0 Å². The zero-order valence-corrected chi connectivity index (χ0v) is 13.0. The number of rotatable bonds is 6. The fourth-order valence-electron chi connectivity index (χ4n) is 2.04. The SMILES string of the molecule is CC(O)CC(C)(C)CNC(=O)NCc1ccc(Cl)cc1. The number of amides is 2. The molecule has 0 fully saturated rings. The Kier molecular flexibility index (Phi) is 6.30. The second-order valence-electron chi connectivity index (χ2n) is 5.88. The van der Waals surface area contributed by atoms with E-state index in [0.717, 1.165) is 5.56 Å². The van der Waals surface area contributed by atoms with Crippen molar-refractivity contribution in [3.05, 3.63) is 34.9 Å². The molecule has 5 heteroatoms. The number of urea groups is 1. The van der Waals surface area contributed by atoms with Crippen molar-refractivity contribution in [1.82, 2.24) is 10.6 Å². The highest BCUT2D eigenvalue weighted by Crippen LogP contribution is 2.20. The van der Waals surface area contributed by atoms with E-state index in [9.17, 15) is 9.90 Å². The summed E-state index contributed by atoms with van der Waals surface area (Å²) < 4.78 is 0. The Labute approximate surface area is 125 Å². The van der Waals surface area contributed by atoms with Crippen molar-refractivity contribution in [2.75, 3.05) is 6.54 Å². The summed E-state index contributed by atoms with van der Waals surface area (Å²) in [4.78, 5) is 11.7. The predicted molar refractivity (Wildman–Crippen MR) is 81.8 cm³/mol. The van der Waals surface area contributed by atoms with Crippen LogP contribution in [0.5, 0.6) is 0 Å². The van der Waals surface area contributed by atoms with Crippen molar-refractivity contribution >= 4 is 17.6 Å². The molecule has 0 heterocycles. The van der Waals surface area contributed by atoms with Crippen LogP contribution >= 0.6 is 11.6 Å². The number of hydrogen-bond donors (Lipinski definition) is 3. The summed E-state index contributed by atoms with van der Waals surface area (Å²) in [7, 11) is 0. The van der Waals surface area contributed by atoms with E-state index in [1.807, 2.05) is 26.0 Å². The van der Waals surface area contributed by atoms with Gasteiger partial charge >= 0.3 is 6.03 Å². The molecule has 112 valence electrons. The number of carbonyl (C=O) groups excluding carboxylic acids is 1. The summed E-state index contributed by atoms with van der Waals surface area (Å²) in [6, 6.07) is 7.13. The third kappa shape index (κ3) is 6.78. The van der Waals surface area contributed by atoms with Gasteiger partial charge in [-0.1, -0.05) is 37.6 Å². The maximum absolute atomic E-state index is 11.7. The fraction of sp³-hybridized carbons (Fsp3) is 0.533. The normalized spacial score (nSPS) is 12.8. The van der Waals surface area contributed by atoms with Crippen LogP contribution in [0.2, 0.25) is 5.02 Å². The molecular formula is C15H23ClN2O2. The Bertz CT molecular complexity index is 430. The van der Waals surface area contributed by atoms with E-state index in [1.54, 1.807) is 19.1 Å². The van der Waals surface area contributed by atoms with Crippen LogP contribution in [0.4, 0.5) is 4.79 Å². The molecule has 0 spiro atoms. The van der Waals surface area contributed by atoms with Crippen molar-refractivity contribution in [3.8, 4) is 0 Å². The summed E-state index contributed by atoms with van der Waals surface area (Å²) in [6.07, 6.45) is 0.272. The molecule has 1 aromatic carbocycles. The molecule has 0 radical (unpaired) electrons. The number of halogens is 1. The largest absolute Gasteiger partial charge is 0.393 e. The van der Waals surface area contributed by atoms with Crippen LogP contribution in [0, 0.1) is 5.41 Å². The Balaban J connectivity index is 2.32. The second-order valence-corrected chi connectivity index (χ2v) is 6.32. The highest BCUT2D eigenvalue weighted by atomic mass is 35.5. The van der Waals surface area contributed by atoms with Gasteiger partial charge in [-0.05, 0) is 36.5 Å². The third-order valence-electron chi connectivity index (χ3n) is 2.94. The monoisotopic (exact) mass is 298 g/mol. The molecule has 0 aliphatic carbocycles. The van der Waals surface area contributed by atoms with Gasteiger partial charge < -0.3 is 15.7 Å². The minimum atomic E-state index is -0.371. The van der Waals surface area contributed by atoms with Crippen LogP contribution < -0.4 is 10.6 Å². The van der Waals surface area contributed by atoms with E-state index in [0.29, 0.717) is 24.5 Å². The van der Waals surface area contributed by atoms with Gasteiger partial charge in [-0.3, -0.25) is 0 Å². The number of benzene rings is 1. The minimum Gasteiger partial charge on any atom is -0.393 e. The number of hydrogen-bond acceptors (Lipinski definition) is 2. The highest BCUT2D eigenvalue weighted by molar-refractivity contribution is 6.30. The predicted octanol–water partition coefficient (Wildman–Crippen LogP) is 2.94. The molecule has 0 bridgehead atoms. The Morgan fingerprint density at radius 3 is 2.45 bits per heavy atom. The first-order valence-corrected chi connectivity index (χ1v) is 7.10. The summed E-state index contributed by atoms with van der Waals surface area (Å²) >= 11 is 5.80. The van der Waals surface area contributed by atoms with Crippen molar-refractivity contribution in [3.63, 3.8) is 0 Å². The number of aliphatic hydroxyl groups excluding tert-OH is 1. The first-order valence-electron chi connectivity index (χ1n) is 6.73. The molecule has 1 rings (SSSR count). The van der Waals surface area contributed by atoms with E-state index in [1.165, 1.54) is 0 Å². The van der Waals surface area contributed by atoms with Crippen LogP contribution in [0.25, 0.3) is 0 Å². The molecule has 0 aromatic heterocycles. The van der Waals surface area contributed by atoms with Gasteiger partial charge in [0.15, 0.2) is 0 Å². The Morgan fingerprint density at radius 2 is 1.90 bits per heavy atom. The molecule has 4 nitrogen and oxygen atoms in total. The molecule has 2 amide bonds. The lowest BCUT2D eigenvalue weighted by atomic mass is 9.87. The molecule has 0 aliphatic heterocycles. The van der Waals surface area contributed by atoms with Gasteiger partial charge in [-0.25, -0.2) is 4.79 Å². The van der Waals surface area contributed by atoms with E-state index >= 15 is 0 Å². The van der Waals surface area contributed by atoms with Crippen LogP contribution in [0.15, 0.2) is 24.3 Å². The maximum Gasteiger partial charge on any atom is 0.315 e. The summed E-state index contributed by atoms with van der Waals surface area (Å²) in [6.45, 7) is 6.75. The van der Waals surface area contributed by atoms with E-state index in [4.69, 9.17) is 11.6 Å². The van der Waals surface area contributed by atoms with Crippen molar-refractivity contribution in [2.24, 2.45) is 5.41 Å². The first kappa shape index (κ1) is 16.8. The molecule has 1 aromatic rings. The molecular weight excluding hydrogens is 276 g/mol. The molecule has 1 unspecified atom stereocenters.